The Morgan fingerprint density at radius 1 is 1.27 bits per heavy atom. The van der Waals surface area contributed by atoms with Gasteiger partial charge in [-0.1, -0.05) is 23.7 Å². The van der Waals surface area contributed by atoms with Crippen LogP contribution in [-0.2, 0) is 0 Å². The molecule has 0 saturated carbocycles. The lowest BCUT2D eigenvalue weighted by molar-refractivity contribution is 0.442. The maximum Gasteiger partial charge on any atom is 0.165 e. The van der Waals surface area contributed by atoms with Crippen molar-refractivity contribution in [3.63, 3.8) is 0 Å². The molecule has 0 aliphatic heterocycles. The summed E-state index contributed by atoms with van der Waals surface area (Å²) in [4.78, 5) is 6.35. The molecule has 2 rings (SSSR count). The van der Waals surface area contributed by atoms with Crippen LogP contribution < -0.4 is 4.74 Å². The second-order valence-corrected chi connectivity index (χ2v) is 5.33. The summed E-state index contributed by atoms with van der Waals surface area (Å²) in [5, 5.41) is 0.389. The number of aliphatic imine (C=N–C) groups is 1. The Morgan fingerprint density at radius 2 is 2.00 bits per heavy atom. The molecule has 3 nitrogen and oxygen atoms in total. The molecular weight excluding hydrogens is 303 g/mol. The van der Waals surface area contributed by atoms with E-state index in [1.807, 2.05) is 25.8 Å². The molecule has 116 valence electrons. The Hall–Kier alpha value is -2.07. The van der Waals surface area contributed by atoms with Gasteiger partial charge >= 0.3 is 0 Å². The first-order valence-electron chi connectivity index (χ1n) is 6.98. The van der Waals surface area contributed by atoms with Crippen LogP contribution in [0.4, 0.5) is 10.1 Å². The van der Waals surface area contributed by atoms with Gasteiger partial charge in [0.2, 0.25) is 0 Å². The van der Waals surface area contributed by atoms with Crippen molar-refractivity contribution >= 4 is 23.6 Å². The van der Waals surface area contributed by atoms with Crippen molar-refractivity contribution < 1.29 is 9.13 Å². The molecule has 0 heterocycles. The van der Waals surface area contributed by atoms with E-state index >= 15 is 0 Å². The Labute approximate surface area is 135 Å². The topological polar surface area (TPSA) is 24.8 Å². The molecule has 0 aliphatic carbocycles. The van der Waals surface area contributed by atoms with Gasteiger partial charge in [0.15, 0.2) is 11.6 Å². The highest BCUT2D eigenvalue weighted by Crippen LogP contribution is 2.35. The molecule has 5 heteroatoms. The first-order valence-corrected chi connectivity index (χ1v) is 7.36. The quantitative estimate of drug-likeness (QED) is 0.559. The van der Waals surface area contributed by atoms with Crippen LogP contribution in [0.2, 0.25) is 5.02 Å². The van der Waals surface area contributed by atoms with E-state index in [9.17, 15) is 4.39 Å². The summed E-state index contributed by atoms with van der Waals surface area (Å²) >= 11 is 6.22. The van der Waals surface area contributed by atoms with Crippen LogP contribution in [-0.4, -0.2) is 24.8 Å². The Morgan fingerprint density at radius 3 is 2.68 bits per heavy atom. The van der Waals surface area contributed by atoms with Gasteiger partial charge in [-0.05, 0) is 43.7 Å². The smallest absolute Gasteiger partial charge is 0.165 e. The fourth-order valence-corrected chi connectivity index (χ4v) is 1.95. The minimum Gasteiger partial charge on any atom is -0.453 e. The van der Waals surface area contributed by atoms with Gasteiger partial charge in [-0.15, -0.1) is 0 Å². The largest absolute Gasteiger partial charge is 0.453 e. The van der Waals surface area contributed by atoms with E-state index in [1.165, 1.54) is 6.07 Å². The summed E-state index contributed by atoms with van der Waals surface area (Å²) in [7, 11) is 1.94. The van der Waals surface area contributed by atoms with Gasteiger partial charge in [-0.25, -0.2) is 9.38 Å². The third-order valence-corrected chi connectivity index (χ3v) is 3.50. The van der Waals surface area contributed by atoms with Crippen LogP contribution in [0.25, 0.3) is 0 Å². The number of hydrogen-bond donors (Lipinski definition) is 0. The predicted octanol–water partition coefficient (Wildman–Crippen LogP) is 5.19. The normalized spacial score (nSPS) is 11.0. The summed E-state index contributed by atoms with van der Waals surface area (Å²) in [6.45, 7) is 4.81. The maximum absolute atomic E-state index is 13.6. The highest BCUT2D eigenvalue weighted by molar-refractivity contribution is 6.32. The van der Waals surface area contributed by atoms with Gasteiger partial charge in [0.1, 0.15) is 5.75 Å². The van der Waals surface area contributed by atoms with E-state index in [4.69, 9.17) is 16.3 Å². The predicted molar refractivity (Wildman–Crippen MR) is 89.1 cm³/mol. The van der Waals surface area contributed by atoms with E-state index < -0.39 is 5.82 Å². The summed E-state index contributed by atoms with van der Waals surface area (Å²) in [5.41, 5.74) is 1.66. The number of nitrogens with zero attached hydrogens (tertiary/aromatic N) is 2. The molecule has 0 atom stereocenters. The van der Waals surface area contributed by atoms with Crippen molar-refractivity contribution in [3.8, 4) is 11.5 Å². The van der Waals surface area contributed by atoms with Crippen molar-refractivity contribution in [1.29, 1.82) is 0 Å². The molecule has 0 bridgehead atoms. The molecule has 2 aromatic carbocycles. The van der Waals surface area contributed by atoms with Gasteiger partial charge in [0.25, 0.3) is 0 Å². The summed E-state index contributed by atoms with van der Waals surface area (Å²) in [6.07, 6.45) is 1.75. The average molecular weight is 321 g/mol. The fourth-order valence-electron chi connectivity index (χ4n) is 1.75. The van der Waals surface area contributed by atoms with Gasteiger partial charge in [0, 0.05) is 13.6 Å². The van der Waals surface area contributed by atoms with E-state index in [0.717, 1.165) is 17.8 Å². The zero-order valence-corrected chi connectivity index (χ0v) is 13.6. The molecule has 0 radical (unpaired) electrons. The molecular formula is C17H18ClFN2O. The molecule has 0 unspecified atom stereocenters. The zero-order chi connectivity index (χ0) is 16.1. The average Bonchev–Trinajstić information content (AvgIpc) is 2.51. The van der Waals surface area contributed by atoms with Gasteiger partial charge in [-0.2, -0.15) is 0 Å². The van der Waals surface area contributed by atoms with Crippen LogP contribution in [0, 0.1) is 12.7 Å². The minimum absolute atomic E-state index is 0.144. The Kier molecular flexibility index (Phi) is 5.39. The first kappa shape index (κ1) is 16.3. The third-order valence-electron chi connectivity index (χ3n) is 3.20. The monoisotopic (exact) mass is 320 g/mol. The summed E-state index contributed by atoms with van der Waals surface area (Å²) in [5.74, 6) is 0.126. The molecule has 0 aliphatic rings. The van der Waals surface area contributed by atoms with Gasteiger partial charge in [0.05, 0.1) is 17.0 Å². The number of hydrogen-bond acceptors (Lipinski definition) is 2. The molecule has 0 amide bonds. The number of benzene rings is 2. The third kappa shape index (κ3) is 3.98. The lowest BCUT2D eigenvalue weighted by Gasteiger charge is -2.12. The number of aryl methyl sites for hydroxylation is 1. The molecule has 0 aromatic heterocycles. The van der Waals surface area contributed by atoms with Crippen molar-refractivity contribution in [3.05, 3.63) is 52.8 Å². The van der Waals surface area contributed by atoms with Gasteiger partial charge in [-0.3, -0.25) is 0 Å². The molecule has 22 heavy (non-hydrogen) atoms. The fraction of sp³-hybridized carbons (Fsp3) is 0.235. The second kappa shape index (κ2) is 7.27. The number of halogens is 2. The highest BCUT2D eigenvalue weighted by Gasteiger charge is 2.10. The maximum atomic E-state index is 13.6. The van der Waals surface area contributed by atoms with E-state index in [0.29, 0.717) is 10.8 Å². The lowest BCUT2D eigenvalue weighted by atomic mass is 10.2. The highest BCUT2D eigenvalue weighted by atomic mass is 35.5. The van der Waals surface area contributed by atoms with Crippen molar-refractivity contribution in [2.75, 3.05) is 13.6 Å². The zero-order valence-electron chi connectivity index (χ0n) is 12.8. The van der Waals surface area contributed by atoms with Crippen LogP contribution in [0.3, 0.4) is 0 Å². The van der Waals surface area contributed by atoms with Crippen molar-refractivity contribution in [2.45, 2.75) is 13.8 Å². The van der Waals surface area contributed by atoms with E-state index in [-0.39, 0.29) is 5.75 Å². The standard InChI is InChI=1S/C17H18ClFN2O/c1-4-21(3)11-20-15-10-13(18)17(9-12(15)2)22-16-8-6-5-7-14(16)19/h5-11H,4H2,1-3H3. The first-order chi connectivity index (χ1) is 10.5. The SMILES string of the molecule is CCN(C)C=Nc1cc(Cl)c(Oc2ccccc2F)cc1C. The van der Waals surface area contributed by atoms with Gasteiger partial charge < -0.3 is 9.64 Å². The number of ether oxygens (including phenoxy) is 1. The number of rotatable bonds is 5. The summed E-state index contributed by atoms with van der Waals surface area (Å²) in [6, 6.07) is 9.69. The van der Waals surface area contributed by atoms with Crippen LogP contribution in [0.5, 0.6) is 11.5 Å². The molecule has 0 saturated heterocycles. The Balaban J connectivity index is 2.27. The van der Waals surface area contributed by atoms with E-state index in [1.54, 1.807) is 36.7 Å². The molecule has 2 aromatic rings. The van der Waals surface area contributed by atoms with Crippen LogP contribution in [0.1, 0.15) is 12.5 Å². The van der Waals surface area contributed by atoms with Crippen molar-refractivity contribution in [2.24, 2.45) is 4.99 Å². The van der Waals surface area contributed by atoms with E-state index in [2.05, 4.69) is 4.99 Å². The minimum atomic E-state index is -0.428. The van der Waals surface area contributed by atoms with Crippen LogP contribution in [0.15, 0.2) is 41.4 Å². The van der Waals surface area contributed by atoms with Crippen LogP contribution >= 0.6 is 11.6 Å². The second-order valence-electron chi connectivity index (χ2n) is 4.92. The molecule has 0 N–H and O–H groups in total. The summed E-state index contributed by atoms with van der Waals surface area (Å²) < 4.78 is 19.2. The Bertz CT molecular complexity index is 688. The lowest BCUT2D eigenvalue weighted by Crippen LogP contribution is -2.14. The van der Waals surface area contributed by atoms with Crippen molar-refractivity contribution in [1.82, 2.24) is 4.90 Å². The molecule has 0 fully saturated rings. The molecule has 0 spiro atoms. The number of para-hydroxylation sites is 1.